The van der Waals surface area contributed by atoms with Crippen LogP contribution in [0.15, 0.2) is 30.5 Å². The van der Waals surface area contributed by atoms with Gasteiger partial charge in [0, 0.05) is 38.4 Å². The van der Waals surface area contributed by atoms with E-state index in [0.717, 1.165) is 0 Å². The van der Waals surface area contributed by atoms with E-state index in [0.29, 0.717) is 37.3 Å². The number of alkyl halides is 3. The lowest BCUT2D eigenvalue weighted by Gasteiger charge is -2.33. The number of methoxy groups -OCH3 is 1. The molecule has 2 amide bonds. The van der Waals surface area contributed by atoms with Gasteiger partial charge in [-0.05, 0) is 43.5 Å². The minimum absolute atomic E-state index is 0.0651. The monoisotopic (exact) mass is 523 g/mol. The van der Waals surface area contributed by atoms with Crippen LogP contribution in [0.1, 0.15) is 55.6 Å². The SMILES string of the molecule is COC1CCN(c2nc(OCC(F)(F)F)ccc2C(=O)NC(C)c2ccnc(NC(=O)C(C)C)c2)CC1. The van der Waals surface area contributed by atoms with Gasteiger partial charge in [-0.1, -0.05) is 13.8 Å². The number of rotatable bonds is 9. The minimum atomic E-state index is -4.51. The van der Waals surface area contributed by atoms with Crippen LogP contribution in [0, 0.1) is 5.92 Å². The number of ether oxygens (including phenoxy) is 2. The molecule has 1 fully saturated rings. The summed E-state index contributed by atoms with van der Waals surface area (Å²) in [7, 11) is 1.63. The van der Waals surface area contributed by atoms with E-state index in [4.69, 9.17) is 9.47 Å². The van der Waals surface area contributed by atoms with Gasteiger partial charge in [-0.3, -0.25) is 9.59 Å². The number of anilines is 2. The highest BCUT2D eigenvalue weighted by molar-refractivity contribution is 5.99. The molecule has 1 saturated heterocycles. The predicted molar refractivity (Wildman–Crippen MR) is 132 cm³/mol. The first-order valence-electron chi connectivity index (χ1n) is 12.0. The molecule has 9 nitrogen and oxygen atoms in total. The number of nitrogens with zero attached hydrogens (tertiary/aromatic N) is 3. The second-order valence-corrected chi connectivity index (χ2v) is 9.16. The summed E-state index contributed by atoms with van der Waals surface area (Å²) >= 11 is 0. The Morgan fingerprint density at radius 1 is 1.16 bits per heavy atom. The van der Waals surface area contributed by atoms with E-state index < -0.39 is 24.7 Å². The second kappa shape index (κ2) is 12.2. The summed E-state index contributed by atoms with van der Waals surface area (Å²) in [6, 6.07) is 5.60. The lowest BCUT2D eigenvalue weighted by Crippen LogP contribution is -2.39. The number of hydrogen-bond acceptors (Lipinski definition) is 7. The molecule has 1 aliphatic heterocycles. The van der Waals surface area contributed by atoms with Crippen LogP contribution in [0.4, 0.5) is 24.8 Å². The number of carbonyl (C=O) groups is 2. The highest BCUT2D eigenvalue weighted by Crippen LogP contribution is 2.28. The van der Waals surface area contributed by atoms with Crippen LogP contribution >= 0.6 is 0 Å². The molecule has 0 bridgehead atoms. The summed E-state index contributed by atoms with van der Waals surface area (Å²) in [5.74, 6) is -0.445. The van der Waals surface area contributed by atoms with Crippen molar-refractivity contribution in [2.24, 2.45) is 5.92 Å². The van der Waals surface area contributed by atoms with Crippen LogP contribution in [0.5, 0.6) is 5.88 Å². The van der Waals surface area contributed by atoms with E-state index >= 15 is 0 Å². The standard InChI is InChI=1S/C25H32F3N5O4/c1-15(2)23(34)31-20-13-17(7-10-29-20)16(3)30-24(35)19-5-6-21(37-14-25(26,27)28)32-22(19)33-11-8-18(36-4)9-12-33/h5-7,10,13,15-16,18H,8-9,11-12,14H2,1-4H3,(H,30,35)(H,29,31,34). The average Bonchev–Trinajstić information content (AvgIpc) is 2.87. The molecule has 37 heavy (non-hydrogen) atoms. The Morgan fingerprint density at radius 2 is 1.86 bits per heavy atom. The third kappa shape index (κ3) is 8.04. The number of carbonyl (C=O) groups excluding carboxylic acids is 2. The molecular formula is C25H32F3N5O4. The first kappa shape index (κ1) is 28.2. The molecule has 2 aromatic heterocycles. The number of nitrogens with one attached hydrogen (secondary N) is 2. The molecule has 202 valence electrons. The van der Waals surface area contributed by atoms with Gasteiger partial charge in [0.2, 0.25) is 11.8 Å². The third-order valence-corrected chi connectivity index (χ3v) is 5.96. The summed E-state index contributed by atoms with van der Waals surface area (Å²) in [5, 5.41) is 5.63. The molecule has 12 heteroatoms. The van der Waals surface area contributed by atoms with Crippen LogP contribution in [0.25, 0.3) is 0 Å². The van der Waals surface area contributed by atoms with Crippen molar-refractivity contribution in [3.63, 3.8) is 0 Å². The molecule has 0 spiro atoms. The molecule has 1 unspecified atom stereocenters. The van der Waals surface area contributed by atoms with Crippen molar-refractivity contribution < 1.29 is 32.2 Å². The lowest BCUT2D eigenvalue weighted by molar-refractivity contribution is -0.154. The quantitative estimate of drug-likeness (QED) is 0.509. The minimum Gasteiger partial charge on any atom is -0.468 e. The maximum atomic E-state index is 13.3. The van der Waals surface area contributed by atoms with Gasteiger partial charge in [0.05, 0.1) is 17.7 Å². The molecule has 3 heterocycles. The number of piperidine rings is 1. The zero-order chi connectivity index (χ0) is 27.2. The zero-order valence-corrected chi connectivity index (χ0v) is 21.3. The third-order valence-electron chi connectivity index (χ3n) is 5.96. The molecule has 2 aromatic rings. The van der Waals surface area contributed by atoms with E-state index in [1.54, 1.807) is 40.0 Å². The van der Waals surface area contributed by atoms with E-state index in [1.807, 2.05) is 4.90 Å². The van der Waals surface area contributed by atoms with Crippen LogP contribution < -0.4 is 20.3 Å². The smallest absolute Gasteiger partial charge is 0.422 e. The van der Waals surface area contributed by atoms with Crippen molar-refractivity contribution >= 4 is 23.5 Å². The fourth-order valence-electron chi connectivity index (χ4n) is 3.80. The molecule has 0 aromatic carbocycles. The Morgan fingerprint density at radius 3 is 2.49 bits per heavy atom. The van der Waals surface area contributed by atoms with Gasteiger partial charge in [-0.2, -0.15) is 18.2 Å². The van der Waals surface area contributed by atoms with Crippen LogP contribution in [0.3, 0.4) is 0 Å². The van der Waals surface area contributed by atoms with Crippen molar-refractivity contribution in [3.05, 3.63) is 41.6 Å². The summed E-state index contributed by atoms with van der Waals surface area (Å²) in [5.41, 5.74) is 0.924. The van der Waals surface area contributed by atoms with Crippen molar-refractivity contribution in [1.29, 1.82) is 0 Å². The molecule has 0 aliphatic carbocycles. The van der Waals surface area contributed by atoms with Gasteiger partial charge >= 0.3 is 6.18 Å². The number of pyridine rings is 2. The summed E-state index contributed by atoms with van der Waals surface area (Å²) in [6.07, 6.45) is -1.54. The Labute approximate surface area is 213 Å². The van der Waals surface area contributed by atoms with Gasteiger partial charge < -0.3 is 25.0 Å². The van der Waals surface area contributed by atoms with Gasteiger partial charge in [-0.15, -0.1) is 0 Å². The van der Waals surface area contributed by atoms with Gasteiger partial charge in [-0.25, -0.2) is 4.98 Å². The normalized spacial score (nSPS) is 15.4. The largest absolute Gasteiger partial charge is 0.468 e. The van der Waals surface area contributed by atoms with Crippen LogP contribution in [-0.2, 0) is 9.53 Å². The molecule has 3 rings (SSSR count). The predicted octanol–water partition coefficient (Wildman–Crippen LogP) is 4.12. The summed E-state index contributed by atoms with van der Waals surface area (Å²) < 4.78 is 48.2. The van der Waals surface area contributed by atoms with E-state index in [9.17, 15) is 22.8 Å². The number of hydrogen-bond donors (Lipinski definition) is 2. The van der Waals surface area contributed by atoms with Crippen LogP contribution in [0.2, 0.25) is 0 Å². The number of halogens is 3. The highest BCUT2D eigenvalue weighted by Gasteiger charge is 2.30. The molecule has 1 atom stereocenters. The van der Waals surface area contributed by atoms with Gasteiger partial charge in [0.15, 0.2) is 6.61 Å². The molecule has 0 saturated carbocycles. The Balaban J connectivity index is 1.80. The lowest BCUT2D eigenvalue weighted by atomic mass is 10.1. The molecule has 1 aliphatic rings. The van der Waals surface area contributed by atoms with Crippen molar-refractivity contribution in [2.75, 3.05) is 37.0 Å². The molecule has 0 radical (unpaired) electrons. The van der Waals surface area contributed by atoms with E-state index in [2.05, 4.69) is 20.6 Å². The van der Waals surface area contributed by atoms with Crippen molar-refractivity contribution in [1.82, 2.24) is 15.3 Å². The maximum absolute atomic E-state index is 13.3. The van der Waals surface area contributed by atoms with Crippen molar-refractivity contribution in [3.8, 4) is 5.88 Å². The topological polar surface area (TPSA) is 106 Å². The summed E-state index contributed by atoms with van der Waals surface area (Å²) in [6.45, 7) is 4.88. The Bertz CT molecular complexity index is 1090. The van der Waals surface area contributed by atoms with E-state index in [-0.39, 0.29) is 35.2 Å². The first-order chi connectivity index (χ1) is 17.5. The second-order valence-electron chi connectivity index (χ2n) is 9.16. The Kier molecular flexibility index (Phi) is 9.30. The fraction of sp³-hybridized carbons (Fsp3) is 0.520. The maximum Gasteiger partial charge on any atom is 0.422 e. The number of amides is 2. The van der Waals surface area contributed by atoms with Gasteiger partial charge in [0.1, 0.15) is 11.6 Å². The fourth-order valence-corrected chi connectivity index (χ4v) is 3.80. The molecular weight excluding hydrogens is 491 g/mol. The zero-order valence-electron chi connectivity index (χ0n) is 21.3. The Hall–Kier alpha value is -3.41. The van der Waals surface area contributed by atoms with Gasteiger partial charge in [0.25, 0.3) is 5.91 Å². The van der Waals surface area contributed by atoms with Crippen LogP contribution in [-0.4, -0.2) is 60.9 Å². The first-order valence-corrected chi connectivity index (χ1v) is 12.0. The number of aromatic nitrogens is 2. The average molecular weight is 524 g/mol. The van der Waals surface area contributed by atoms with E-state index in [1.165, 1.54) is 18.3 Å². The highest BCUT2D eigenvalue weighted by atomic mass is 19.4. The molecule has 2 N–H and O–H groups in total. The van der Waals surface area contributed by atoms with Crippen molar-refractivity contribution in [2.45, 2.75) is 51.9 Å². The summed E-state index contributed by atoms with van der Waals surface area (Å²) in [4.78, 5) is 35.5.